The SMILES string of the molecule is O=C(Nc1ccc(CC2CCCN2C(=O)O)cc1)c1ccc(Cl)cc1. The molecule has 5 nitrogen and oxygen atoms in total. The number of rotatable bonds is 4. The summed E-state index contributed by atoms with van der Waals surface area (Å²) >= 11 is 5.82. The number of nitrogens with one attached hydrogen (secondary N) is 1. The number of hydrogen-bond donors (Lipinski definition) is 2. The van der Waals surface area contributed by atoms with Crippen LogP contribution in [-0.2, 0) is 6.42 Å². The van der Waals surface area contributed by atoms with Crippen LogP contribution in [0.4, 0.5) is 10.5 Å². The fourth-order valence-electron chi connectivity index (χ4n) is 3.10. The average Bonchev–Trinajstić information content (AvgIpc) is 3.05. The summed E-state index contributed by atoms with van der Waals surface area (Å²) in [5.74, 6) is -0.197. The molecule has 0 aromatic heterocycles. The Morgan fingerprint density at radius 2 is 1.80 bits per heavy atom. The van der Waals surface area contributed by atoms with E-state index in [9.17, 15) is 14.7 Å². The summed E-state index contributed by atoms with van der Waals surface area (Å²) < 4.78 is 0. The van der Waals surface area contributed by atoms with Crippen molar-refractivity contribution < 1.29 is 14.7 Å². The van der Waals surface area contributed by atoms with Gasteiger partial charge in [-0.2, -0.15) is 0 Å². The van der Waals surface area contributed by atoms with Crippen molar-refractivity contribution >= 4 is 29.3 Å². The van der Waals surface area contributed by atoms with Crippen LogP contribution in [0.15, 0.2) is 48.5 Å². The zero-order valence-electron chi connectivity index (χ0n) is 13.6. The number of anilines is 1. The molecule has 2 amide bonds. The second kappa shape index (κ2) is 7.57. The smallest absolute Gasteiger partial charge is 0.407 e. The molecule has 3 rings (SSSR count). The van der Waals surface area contributed by atoms with Gasteiger partial charge in [0.05, 0.1) is 0 Å². The largest absolute Gasteiger partial charge is 0.465 e. The molecule has 6 heteroatoms. The molecule has 1 heterocycles. The van der Waals surface area contributed by atoms with E-state index in [1.165, 1.54) is 4.90 Å². The summed E-state index contributed by atoms with van der Waals surface area (Å²) in [6, 6.07) is 14.3. The lowest BCUT2D eigenvalue weighted by molar-refractivity contribution is 0.102. The molecule has 1 aliphatic rings. The molecule has 2 aromatic carbocycles. The van der Waals surface area contributed by atoms with Crippen LogP contribution in [0.5, 0.6) is 0 Å². The predicted octanol–water partition coefficient (Wildman–Crippen LogP) is 4.28. The lowest BCUT2D eigenvalue weighted by Crippen LogP contribution is -2.35. The maximum Gasteiger partial charge on any atom is 0.407 e. The first kappa shape index (κ1) is 17.3. The molecular weight excluding hydrogens is 340 g/mol. The molecule has 1 saturated heterocycles. The second-order valence-electron chi connectivity index (χ2n) is 6.13. The van der Waals surface area contributed by atoms with Crippen molar-refractivity contribution in [3.8, 4) is 0 Å². The van der Waals surface area contributed by atoms with E-state index in [-0.39, 0.29) is 11.9 Å². The molecule has 25 heavy (non-hydrogen) atoms. The Bertz CT molecular complexity index is 759. The third kappa shape index (κ3) is 4.31. The highest BCUT2D eigenvalue weighted by molar-refractivity contribution is 6.30. The molecule has 1 aliphatic heterocycles. The van der Waals surface area contributed by atoms with Crippen LogP contribution >= 0.6 is 11.6 Å². The Labute approximate surface area is 151 Å². The monoisotopic (exact) mass is 358 g/mol. The molecule has 0 saturated carbocycles. The number of halogens is 1. The summed E-state index contributed by atoms with van der Waals surface area (Å²) in [5, 5.41) is 12.6. The molecule has 1 unspecified atom stereocenters. The Balaban J connectivity index is 1.61. The third-order valence-electron chi connectivity index (χ3n) is 4.41. The van der Waals surface area contributed by atoms with E-state index in [0.717, 1.165) is 18.4 Å². The number of nitrogens with zero attached hydrogens (tertiary/aromatic N) is 1. The maximum absolute atomic E-state index is 12.2. The Hall–Kier alpha value is -2.53. The van der Waals surface area contributed by atoms with E-state index in [1.807, 2.05) is 24.3 Å². The Morgan fingerprint density at radius 3 is 2.44 bits per heavy atom. The molecule has 130 valence electrons. The summed E-state index contributed by atoms with van der Waals surface area (Å²) in [7, 11) is 0. The highest BCUT2D eigenvalue weighted by atomic mass is 35.5. The molecule has 1 atom stereocenters. The molecule has 2 aromatic rings. The van der Waals surface area contributed by atoms with Gasteiger partial charge in [-0.1, -0.05) is 23.7 Å². The normalized spacial score (nSPS) is 16.7. The number of hydrogen-bond acceptors (Lipinski definition) is 2. The minimum atomic E-state index is -0.852. The van der Waals surface area contributed by atoms with Gasteiger partial charge in [0.25, 0.3) is 5.91 Å². The van der Waals surface area contributed by atoms with Crippen LogP contribution in [0.3, 0.4) is 0 Å². The van der Waals surface area contributed by atoms with Crippen molar-refractivity contribution in [2.24, 2.45) is 0 Å². The first-order chi connectivity index (χ1) is 12.0. The quantitative estimate of drug-likeness (QED) is 0.857. The molecule has 2 N–H and O–H groups in total. The summed E-state index contributed by atoms with van der Waals surface area (Å²) in [4.78, 5) is 24.9. The third-order valence-corrected chi connectivity index (χ3v) is 4.66. The van der Waals surface area contributed by atoms with Crippen LogP contribution < -0.4 is 5.32 Å². The number of amides is 2. The summed E-state index contributed by atoms with van der Waals surface area (Å²) in [6.07, 6.45) is 1.64. The van der Waals surface area contributed by atoms with Crippen LogP contribution in [0, 0.1) is 0 Å². The van der Waals surface area contributed by atoms with Crippen molar-refractivity contribution in [3.63, 3.8) is 0 Å². The van der Waals surface area contributed by atoms with E-state index in [0.29, 0.717) is 29.2 Å². The van der Waals surface area contributed by atoms with E-state index in [4.69, 9.17) is 11.6 Å². The zero-order valence-corrected chi connectivity index (χ0v) is 14.4. The number of carbonyl (C=O) groups excluding carboxylic acids is 1. The van der Waals surface area contributed by atoms with Gasteiger partial charge in [-0.15, -0.1) is 0 Å². The lowest BCUT2D eigenvalue weighted by atomic mass is 10.0. The highest BCUT2D eigenvalue weighted by Crippen LogP contribution is 2.22. The Morgan fingerprint density at radius 1 is 1.12 bits per heavy atom. The van der Waals surface area contributed by atoms with E-state index < -0.39 is 6.09 Å². The number of likely N-dealkylation sites (tertiary alicyclic amines) is 1. The number of carboxylic acid groups (broad SMARTS) is 1. The summed E-state index contributed by atoms with van der Waals surface area (Å²) in [6.45, 7) is 0.606. The van der Waals surface area contributed by atoms with Crippen LogP contribution in [0.25, 0.3) is 0 Å². The minimum absolute atomic E-state index is 0.0343. The van der Waals surface area contributed by atoms with Gasteiger partial charge in [-0.05, 0) is 61.2 Å². The highest BCUT2D eigenvalue weighted by Gasteiger charge is 2.28. The van der Waals surface area contributed by atoms with Gasteiger partial charge in [0, 0.05) is 28.9 Å². The molecule has 1 fully saturated rings. The fourth-order valence-corrected chi connectivity index (χ4v) is 3.23. The molecular formula is C19H19ClN2O3. The first-order valence-corrected chi connectivity index (χ1v) is 8.56. The summed E-state index contributed by atoms with van der Waals surface area (Å²) in [5.41, 5.74) is 2.30. The topological polar surface area (TPSA) is 69.6 Å². The van der Waals surface area contributed by atoms with Crippen molar-refractivity contribution in [2.75, 3.05) is 11.9 Å². The second-order valence-corrected chi connectivity index (χ2v) is 6.57. The van der Waals surface area contributed by atoms with Gasteiger partial charge in [0.1, 0.15) is 0 Å². The van der Waals surface area contributed by atoms with E-state index >= 15 is 0 Å². The van der Waals surface area contributed by atoms with Gasteiger partial charge in [0.15, 0.2) is 0 Å². The van der Waals surface area contributed by atoms with Crippen LogP contribution in [0.2, 0.25) is 5.02 Å². The fraction of sp³-hybridized carbons (Fsp3) is 0.263. The minimum Gasteiger partial charge on any atom is -0.465 e. The number of benzene rings is 2. The van der Waals surface area contributed by atoms with E-state index in [2.05, 4.69) is 5.32 Å². The Kier molecular flexibility index (Phi) is 5.24. The van der Waals surface area contributed by atoms with Gasteiger partial charge in [0.2, 0.25) is 0 Å². The van der Waals surface area contributed by atoms with Crippen molar-refractivity contribution in [2.45, 2.75) is 25.3 Å². The number of carbonyl (C=O) groups is 2. The van der Waals surface area contributed by atoms with Crippen LogP contribution in [-0.4, -0.2) is 34.6 Å². The molecule has 0 radical (unpaired) electrons. The van der Waals surface area contributed by atoms with Crippen molar-refractivity contribution in [1.82, 2.24) is 4.90 Å². The predicted molar refractivity (Wildman–Crippen MR) is 97.3 cm³/mol. The van der Waals surface area contributed by atoms with Gasteiger partial charge in [-0.3, -0.25) is 4.79 Å². The van der Waals surface area contributed by atoms with Gasteiger partial charge < -0.3 is 15.3 Å². The van der Waals surface area contributed by atoms with Crippen molar-refractivity contribution in [1.29, 1.82) is 0 Å². The lowest BCUT2D eigenvalue weighted by Gasteiger charge is -2.21. The first-order valence-electron chi connectivity index (χ1n) is 8.18. The van der Waals surface area contributed by atoms with Gasteiger partial charge in [-0.25, -0.2) is 4.79 Å². The maximum atomic E-state index is 12.2. The van der Waals surface area contributed by atoms with E-state index in [1.54, 1.807) is 24.3 Å². The molecule has 0 aliphatic carbocycles. The van der Waals surface area contributed by atoms with Crippen LogP contribution in [0.1, 0.15) is 28.8 Å². The molecule has 0 spiro atoms. The zero-order chi connectivity index (χ0) is 17.8. The van der Waals surface area contributed by atoms with Gasteiger partial charge >= 0.3 is 6.09 Å². The van der Waals surface area contributed by atoms with Crippen molar-refractivity contribution in [3.05, 3.63) is 64.7 Å². The average molecular weight is 359 g/mol. The standard InChI is InChI=1S/C19H19ClN2O3/c20-15-7-5-14(6-8-15)18(23)21-16-9-3-13(4-10-16)12-17-2-1-11-22(17)19(24)25/h3-10,17H,1-2,11-12H2,(H,21,23)(H,24,25). The molecule has 0 bridgehead atoms.